The van der Waals surface area contributed by atoms with Gasteiger partial charge >= 0.3 is 0 Å². The molecule has 1 aromatic heterocycles. The molecule has 2 aromatic rings. The van der Waals surface area contributed by atoms with E-state index in [1.165, 1.54) is 0 Å². The zero-order valence-electron chi connectivity index (χ0n) is 15.4. The van der Waals surface area contributed by atoms with Crippen LogP contribution in [0.5, 0.6) is 5.75 Å². The summed E-state index contributed by atoms with van der Waals surface area (Å²) in [7, 11) is 0. The average molecular weight is 424 g/mol. The van der Waals surface area contributed by atoms with Gasteiger partial charge in [0.2, 0.25) is 0 Å². The Hall–Kier alpha value is -1.86. The van der Waals surface area contributed by atoms with Gasteiger partial charge in [-0.15, -0.1) is 0 Å². The van der Waals surface area contributed by atoms with Gasteiger partial charge in [-0.25, -0.2) is 0 Å². The third kappa shape index (κ3) is 6.07. The zero-order chi connectivity index (χ0) is 19.9. The topological polar surface area (TPSA) is 74.7 Å². The van der Waals surface area contributed by atoms with Crippen molar-refractivity contribution < 1.29 is 14.6 Å². The van der Waals surface area contributed by atoms with Gasteiger partial charge in [-0.1, -0.05) is 23.2 Å². The van der Waals surface area contributed by atoms with E-state index in [9.17, 15) is 9.90 Å². The van der Waals surface area contributed by atoms with Gasteiger partial charge in [-0.2, -0.15) is 0 Å². The Morgan fingerprint density at radius 1 is 1.21 bits per heavy atom. The lowest BCUT2D eigenvalue weighted by Crippen LogP contribution is -2.45. The minimum atomic E-state index is -0.627. The molecule has 0 aliphatic carbocycles. The van der Waals surface area contributed by atoms with Crippen molar-refractivity contribution in [2.45, 2.75) is 25.0 Å². The van der Waals surface area contributed by atoms with Gasteiger partial charge in [0.05, 0.1) is 16.1 Å². The van der Waals surface area contributed by atoms with Gasteiger partial charge in [0.15, 0.2) is 0 Å². The van der Waals surface area contributed by atoms with Crippen molar-refractivity contribution >= 4 is 29.1 Å². The number of piperidine rings is 1. The Kier molecular flexibility index (Phi) is 7.50. The Morgan fingerprint density at radius 2 is 1.93 bits per heavy atom. The van der Waals surface area contributed by atoms with Gasteiger partial charge in [0.1, 0.15) is 11.9 Å². The number of hydrogen-bond acceptors (Lipinski definition) is 5. The predicted octanol–water partition coefficient (Wildman–Crippen LogP) is 3.02. The summed E-state index contributed by atoms with van der Waals surface area (Å²) < 4.78 is 5.98. The summed E-state index contributed by atoms with van der Waals surface area (Å²) in [5, 5.41) is 14.0. The highest BCUT2D eigenvalue weighted by molar-refractivity contribution is 6.42. The van der Waals surface area contributed by atoms with Crippen LogP contribution >= 0.6 is 23.2 Å². The van der Waals surface area contributed by atoms with E-state index in [2.05, 4.69) is 15.2 Å². The van der Waals surface area contributed by atoms with Crippen molar-refractivity contribution in [1.82, 2.24) is 15.2 Å². The molecule has 2 N–H and O–H groups in total. The summed E-state index contributed by atoms with van der Waals surface area (Å²) in [6.07, 6.45) is 4.33. The zero-order valence-corrected chi connectivity index (χ0v) is 16.9. The van der Waals surface area contributed by atoms with E-state index in [0.717, 1.165) is 25.9 Å². The standard InChI is InChI=1S/C20H23Cl2N3O3/c21-18-2-1-17(11-19(18)22)28-16-5-9-25(10-6-16)13-15(26)12-24-20(27)14-3-7-23-8-4-14/h1-4,7-8,11,15-16,26H,5-6,9-10,12-13H2,(H,24,27)/t15-/m1/s1. The highest BCUT2D eigenvalue weighted by Gasteiger charge is 2.22. The Balaban J connectivity index is 1.37. The first kappa shape index (κ1) is 20.9. The molecule has 2 heterocycles. The monoisotopic (exact) mass is 423 g/mol. The normalized spacial score (nSPS) is 16.5. The Labute approximate surface area is 174 Å². The number of amides is 1. The second-order valence-corrected chi connectivity index (χ2v) is 7.61. The number of β-amino-alcohol motifs (C(OH)–C–C–N with tert-alkyl or cyclic N) is 1. The van der Waals surface area contributed by atoms with Crippen LogP contribution in [0.3, 0.4) is 0 Å². The second kappa shape index (κ2) is 10.1. The van der Waals surface area contributed by atoms with E-state index >= 15 is 0 Å². The average Bonchev–Trinajstić information content (AvgIpc) is 2.71. The fraction of sp³-hybridized carbons (Fsp3) is 0.400. The molecule has 1 amide bonds. The van der Waals surface area contributed by atoms with Gasteiger partial charge in [-0.05, 0) is 37.1 Å². The molecule has 1 atom stereocenters. The molecule has 0 radical (unpaired) electrons. The van der Waals surface area contributed by atoms with E-state index in [0.29, 0.717) is 27.9 Å². The van der Waals surface area contributed by atoms with E-state index in [1.54, 1.807) is 36.7 Å². The fourth-order valence-corrected chi connectivity index (χ4v) is 3.42. The van der Waals surface area contributed by atoms with E-state index in [4.69, 9.17) is 27.9 Å². The number of carbonyl (C=O) groups excluding carboxylic acids is 1. The molecule has 1 aliphatic heterocycles. The van der Waals surface area contributed by atoms with Gasteiger partial charge in [0.25, 0.3) is 5.91 Å². The van der Waals surface area contributed by atoms with Crippen molar-refractivity contribution in [2.24, 2.45) is 0 Å². The van der Waals surface area contributed by atoms with E-state index < -0.39 is 6.10 Å². The smallest absolute Gasteiger partial charge is 0.251 e. The minimum absolute atomic E-state index is 0.108. The van der Waals surface area contributed by atoms with Gasteiger partial charge in [-0.3, -0.25) is 9.78 Å². The summed E-state index contributed by atoms with van der Waals surface area (Å²) in [6.45, 7) is 2.36. The maximum absolute atomic E-state index is 12.0. The number of rotatable bonds is 7. The van der Waals surface area contributed by atoms with Crippen molar-refractivity contribution in [1.29, 1.82) is 0 Å². The molecule has 6 nitrogen and oxygen atoms in total. The third-order valence-electron chi connectivity index (χ3n) is 4.64. The van der Waals surface area contributed by atoms with Crippen LogP contribution in [0.2, 0.25) is 10.0 Å². The molecule has 1 fully saturated rings. The number of benzene rings is 1. The van der Waals surface area contributed by atoms with E-state index in [1.807, 2.05) is 6.07 Å². The third-order valence-corrected chi connectivity index (χ3v) is 5.38. The van der Waals surface area contributed by atoms with Crippen LogP contribution in [-0.4, -0.2) is 59.3 Å². The lowest BCUT2D eigenvalue weighted by molar-refractivity contribution is 0.0594. The largest absolute Gasteiger partial charge is 0.490 e. The molecule has 0 unspecified atom stereocenters. The molecule has 28 heavy (non-hydrogen) atoms. The number of ether oxygens (including phenoxy) is 1. The van der Waals surface area contributed by atoms with Crippen molar-refractivity contribution in [3.63, 3.8) is 0 Å². The first-order chi connectivity index (χ1) is 13.5. The number of likely N-dealkylation sites (tertiary alicyclic amines) is 1. The number of nitrogens with zero attached hydrogens (tertiary/aromatic N) is 2. The number of halogens is 2. The lowest BCUT2D eigenvalue weighted by atomic mass is 10.1. The molecule has 1 saturated heterocycles. The minimum Gasteiger partial charge on any atom is -0.490 e. The maximum Gasteiger partial charge on any atom is 0.251 e. The van der Waals surface area contributed by atoms with Crippen LogP contribution in [0.1, 0.15) is 23.2 Å². The highest BCUT2D eigenvalue weighted by atomic mass is 35.5. The molecular formula is C20H23Cl2N3O3. The summed E-state index contributed by atoms with van der Waals surface area (Å²) in [5.41, 5.74) is 0.530. The number of aliphatic hydroxyl groups excluding tert-OH is 1. The number of pyridine rings is 1. The molecule has 0 spiro atoms. The summed E-state index contributed by atoms with van der Waals surface area (Å²) in [5.74, 6) is 0.502. The quantitative estimate of drug-likeness (QED) is 0.715. The van der Waals surface area contributed by atoms with Gasteiger partial charge < -0.3 is 20.1 Å². The molecular weight excluding hydrogens is 401 g/mol. The van der Waals surface area contributed by atoms with Crippen LogP contribution < -0.4 is 10.1 Å². The highest BCUT2D eigenvalue weighted by Crippen LogP contribution is 2.28. The molecule has 150 valence electrons. The van der Waals surface area contributed by atoms with Crippen LogP contribution in [-0.2, 0) is 0 Å². The van der Waals surface area contributed by atoms with Crippen molar-refractivity contribution in [3.8, 4) is 5.75 Å². The second-order valence-electron chi connectivity index (χ2n) is 6.79. The van der Waals surface area contributed by atoms with Crippen LogP contribution in [0.4, 0.5) is 0 Å². The molecule has 8 heteroatoms. The number of aromatic nitrogens is 1. The lowest BCUT2D eigenvalue weighted by Gasteiger charge is -2.33. The fourth-order valence-electron chi connectivity index (χ4n) is 3.13. The number of hydrogen-bond donors (Lipinski definition) is 2. The SMILES string of the molecule is O=C(NC[C@@H](O)CN1CCC(Oc2ccc(Cl)c(Cl)c2)CC1)c1ccncc1. The van der Waals surface area contributed by atoms with Crippen LogP contribution in [0, 0.1) is 0 Å². The van der Waals surface area contributed by atoms with Crippen LogP contribution in [0.15, 0.2) is 42.7 Å². The predicted molar refractivity (Wildman–Crippen MR) is 109 cm³/mol. The molecule has 0 saturated carbocycles. The number of nitrogens with one attached hydrogen (secondary N) is 1. The summed E-state index contributed by atoms with van der Waals surface area (Å²) in [6, 6.07) is 8.55. The summed E-state index contributed by atoms with van der Waals surface area (Å²) in [4.78, 5) is 18.1. The maximum atomic E-state index is 12.0. The molecule has 1 aliphatic rings. The first-order valence-electron chi connectivity index (χ1n) is 9.21. The molecule has 0 bridgehead atoms. The van der Waals surface area contributed by atoms with Gasteiger partial charge in [0, 0.05) is 50.2 Å². The van der Waals surface area contributed by atoms with Crippen molar-refractivity contribution in [3.05, 3.63) is 58.3 Å². The Morgan fingerprint density at radius 3 is 2.61 bits per heavy atom. The first-order valence-corrected chi connectivity index (χ1v) is 9.97. The van der Waals surface area contributed by atoms with E-state index in [-0.39, 0.29) is 18.6 Å². The van der Waals surface area contributed by atoms with Crippen molar-refractivity contribution in [2.75, 3.05) is 26.2 Å². The summed E-state index contributed by atoms with van der Waals surface area (Å²) >= 11 is 11.9. The number of aliphatic hydroxyl groups is 1. The molecule has 1 aromatic carbocycles. The number of carbonyl (C=O) groups is 1. The Bertz CT molecular complexity index is 784. The molecule has 3 rings (SSSR count). The van der Waals surface area contributed by atoms with Crippen LogP contribution in [0.25, 0.3) is 0 Å².